The predicted molar refractivity (Wildman–Crippen MR) is 48.4 cm³/mol. The van der Waals surface area contributed by atoms with Crippen molar-refractivity contribution >= 4 is 16.6 Å². The Morgan fingerprint density at radius 3 is 2.86 bits per heavy atom. The Kier molecular flexibility index (Phi) is 1.85. The van der Waals surface area contributed by atoms with Crippen molar-refractivity contribution in [1.29, 1.82) is 0 Å². The van der Waals surface area contributed by atoms with Crippen LogP contribution in [0.25, 0.3) is 10.9 Å². The van der Waals surface area contributed by atoms with Crippen molar-refractivity contribution in [2.24, 2.45) is 0 Å². The van der Waals surface area contributed by atoms with E-state index in [1.807, 2.05) is 0 Å². The maximum atomic E-state index is 12.8. The summed E-state index contributed by atoms with van der Waals surface area (Å²) < 4.78 is 12.8. The molecule has 14 heavy (non-hydrogen) atoms. The summed E-state index contributed by atoms with van der Waals surface area (Å²) in [5.41, 5.74) is 0.231. The zero-order valence-electron chi connectivity index (χ0n) is 6.98. The lowest BCUT2D eigenvalue weighted by molar-refractivity contribution is -0.383. The van der Waals surface area contributed by atoms with E-state index in [1.165, 1.54) is 30.5 Å². The molecule has 0 bridgehead atoms. The fourth-order valence-electron chi connectivity index (χ4n) is 1.27. The maximum absolute atomic E-state index is 12.8. The molecule has 0 aliphatic heterocycles. The van der Waals surface area contributed by atoms with E-state index in [0.717, 1.165) is 0 Å². The number of aromatic nitrogens is 1. The molecule has 0 saturated carbocycles. The van der Waals surface area contributed by atoms with Gasteiger partial charge in [0.15, 0.2) is 0 Å². The Labute approximate surface area is 78.2 Å². The second-order valence-electron chi connectivity index (χ2n) is 2.75. The van der Waals surface area contributed by atoms with E-state index in [2.05, 4.69) is 4.98 Å². The third-order valence-corrected chi connectivity index (χ3v) is 1.88. The van der Waals surface area contributed by atoms with E-state index in [9.17, 15) is 14.5 Å². The van der Waals surface area contributed by atoms with E-state index in [0.29, 0.717) is 10.9 Å². The van der Waals surface area contributed by atoms with E-state index < -0.39 is 10.7 Å². The number of fused-ring (bicyclic) bond motifs is 1. The standard InChI is InChI=1S/C9H5FN2O2/c10-6-1-2-7-8(5-6)11-4-3-9(7)12(13)14/h1-5H. The summed E-state index contributed by atoms with van der Waals surface area (Å²) in [6, 6.07) is 5.00. The van der Waals surface area contributed by atoms with Crippen LogP contribution in [-0.2, 0) is 0 Å². The van der Waals surface area contributed by atoms with E-state index >= 15 is 0 Å². The van der Waals surface area contributed by atoms with E-state index in [4.69, 9.17) is 0 Å². The van der Waals surface area contributed by atoms with Crippen molar-refractivity contribution in [3.8, 4) is 0 Å². The first-order valence-electron chi connectivity index (χ1n) is 3.87. The molecule has 0 fully saturated rings. The van der Waals surface area contributed by atoms with Crippen molar-refractivity contribution in [2.75, 3.05) is 0 Å². The van der Waals surface area contributed by atoms with Gasteiger partial charge in [-0.3, -0.25) is 15.1 Å². The Balaban J connectivity index is 2.81. The average Bonchev–Trinajstić information content (AvgIpc) is 2.16. The van der Waals surface area contributed by atoms with Gasteiger partial charge in [0.2, 0.25) is 0 Å². The molecule has 0 unspecified atom stereocenters. The first-order chi connectivity index (χ1) is 6.68. The molecular weight excluding hydrogens is 187 g/mol. The number of nitro groups is 1. The lowest BCUT2D eigenvalue weighted by Gasteiger charge is -1.97. The molecule has 2 aromatic rings. The quantitative estimate of drug-likeness (QED) is 0.514. The van der Waals surface area contributed by atoms with Crippen LogP contribution in [0.4, 0.5) is 10.1 Å². The van der Waals surface area contributed by atoms with Crippen LogP contribution in [0.3, 0.4) is 0 Å². The smallest absolute Gasteiger partial charge is 0.258 e. The fraction of sp³-hybridized carbons (Fsp3) is 0. The molecule has 0 spiro atoms. The molecule has 70 valence electrons. The van der Waals surface area contributed by atoms with Gasteiger partial charge in [-0.05, 0) is 12.1 Å². The lowest BCUT2D eigenvalue weighted by atomic mass is 10.2. The molecule has 1 heterocycles. The molecule has 0 atom stereocenters. The van der Waals surface area contributed by atoms with Crippen LogP contribution < -0.4 is 0 Å². The largest absolute Gasteiger partial charge is 0.280 e. The van der Waals surface area contributed by atoms with Crippen molar-refractivity contribution in [1.82, 2.24) is 4.98 Å². The van der Waals surface area contributed by atoms with Crippen LogP contribution in [0.5, 0.6) is 0 Å². The summed E-state index contributed by atoms with van der Waals surface area (Å²) in [5, 5.41) is 10.9. The van der Waals surface area contributed by atoms with Gasteiger partial charge < -0.3 is 0 Å². The second-order valence-corrected chi connectivity index (χ2v) is 2.75. The zero-order chi connectivity index (χ0) is 10.1. The maximum Gasteiger partial charge on any atom is 0.280 e. The third-order valence-electron chi connectivity index (χ3n) is 1.88. The van der Waals surface area contributed by atoms with Crippen LogP contribution in [-0.4, -0.2) is 9.91 Å². The monoisotopic (exact) mass is 192 g/mol. The van der Waals surface area contributed by atoms with Gasteiger partial charge >= 0.3 is 0 Å². The van der Waals surface area contributed by atoms with Crippen molar-refractivity contribution in [3.63, 3.8) is 0 Å². The van der Waals surface area contributed by atoms with Crippen LogP contribution in [0, 0.1) is 15.9 Å². The topological polar surface area (TPSA) is 56.0 Å². The molecule has 0 N–H and O–H groups in total. The van der Waals surface area contributed by atoms with Crippen molar-refractivity contribution in [3.05, 3.63) is 46.4 Å². The third kappa shape index (κ3) is 1.28. The highest BCUT2D eigenvalue weighted by atomic mass is 19.1. The number of pyridine rings is 1. The minimum Gasteiger partial charge on any atom is -0.258 e. The first-order valence-corrected chi connectivity index (χ1v) is 3.87. The Morgan fingerprint density at radius 2 is 2.14 bits per heavy atom. The molecule has 1 aromatic heterocycles. The summed E-state index contributed by atoms with van der Waals surface area (Å²) in [7, 11) is 0. The van der Waals surface area contributed by atoms with Gasteiger partial charge in [0.1, 0.15) is 5.82 Å². The molecule has 0 amide bonds. The molecule has 4 nitrogen and oxygen atoms in total. The molecule has 0 saturated heterocycles. The number of benzene rings is 1. The predicted octanol–water partition coefficient (Wildman–Crippen LogP) is 2.28. The summed E-state index contributed by atoms with van der Waals surface area (Å²) in [6.07, 6.45) is 1.29. The van der Waals surface area contributed by atoms with Gasteiger partial charge in [0.05, 0.1) is 15.8 Å². The van der Waals surface area contributed by atoms with Crippen molar-refractivity contribution < 1.29 is 9.31 Å². The number of hydrogen-bond acceptors (Lipinski definition) is 3. The van der Waals surface area contributed by atoms with Crippen LogP contribution in [0.2, 0.25) is 0 Å². The molecule has 2 rings (SSSR count). The van der Waals surface area contributed by atoms with Crippen LogP contribution >= 0.6 is 0 Å². The highest BCUT2D eigenvalue weighted by Gasteiger charge is 2.11. The van der Waals surface area contributed by atoms with Crippen LogP contribution in [0.15, 0.2) is 30.5 Å². The average molecular weight is 192 g/mol. The fourth-order valence-corrected chi connectivity index (χ4v) is 1.27. The first kappa shape index (κ1) is 8.55. The molecule has 0 radical (unpaired) electrons. The summed E-state index contributed by atoms with van der Waals surface area (Å²) in [5.74, 6) is -0.453. The number of nitrogens with zero attached hydrogens (tertiary/aromatic N) is 2. The highest BCUT2D eigenvalue weighted by molar-refractivity contribution is 5.87. The minimum atomic E-state index is -0.512. The summed E-state index contributed by atoms with van der Waals surface area (Å²) >= 11 is 0. The van der Waals surface area contributed by atoms with Gasteiger partial charge in [-0.1, -0.05) is 0 Å². The normalized spacial score (nSPS) is 10.4. The number of hydrogen-bond donors (Lipinski definition) is 0. The molecular formula is C9H5FN2O2. The van der Waals surface area contributed by atoms with Gasteiger partial charge in [-0.15, -0.1) is 0 Å². The van der Waals surface area contributed by atoms with Gasteiger partial charge in [-0.2, -0.15) is 0 Å². The lowest BCUT2D eigenvalue weighted by Crippen LogP contribution is -1.91. The Bertz CT molecular complexity index is 513. The summed E-state index contributed by atoms with van der Waals surface area (Å²) in [4.78, 5) is 13.9. The van der Waals surface area contributed by atoms with E-state index in [1.54, 1.807) is 0 Å². The molecule has 0 aliphatic rings. The number of halogens is 1. The molecule has 0 aliphatic carbocycles. The summed E-state index contributed by atoms with van der Waals surface area (Å²) in [6.45, 7) is 0. The number of rotatable bonds is 1. The minimum absolute atomic E-state index is 0.0602. The van der Waals surface area contributed by atoms with Gasteiger partial charge in [0, 0.05) is 18.3 Å². The van der Waals surface area contributed by atoms with Gasteiger partial charge in [-0.25, -0.2) is 4.39 Å². The van der Waals surface area contributed by atoms with Crippen molar-refractivity contribution in [2.45, 2.75) is 0 Å². The zero-order valence-corrected chi connectivity index (χ0v) is 6.98. The Hall–Kier alpha value is -2.04. The van der Waals surface area contributed by atoms with Gasteiger partial charge in [0.25, 0.3) is 5.69 Å². The highest BCUT2D eigenvalue weighted by Crippen LogP contribution is 2.23. The van der Waals surface area contributed by atoms with E-state index in [-0.39, 0.29) is 5.69 Å². The van der Waals surface area contributed by atoms with Crippen LogP contribution in [0.1, 0.15) is 0 Å². The molecule has 1 aromatic carbocycles. The Morgan fingerprint density at radius 1 is 1.36 bits per heavy atom. The SMILES string of the molecule is O=[N+]([O-])c1ccnc2cc(F)ccc12. The second kappa shape index (κ2) is 3.02. The molecule has 5 heteroatoms.